The van der Waals surface area contributed by atoms with Crippen LogP contribution >= 0.6 is 0 Å². The second-order valence-electron chi connectivity index (χ2n) is 5.92. The topological polar surface area (TPSA) is 78.7 Å². The molecule has 0 aliphatic heterocycles. The molecular formula is C17H33NO5. The Kier molecular flexibility index (Phi) is 16.0. The zero-order valence-corrected chi connectivity index (χ0v) is 14.6. The molecule has 0 aromatic heterocycles. The third-order valence-corrected chi connectivity index (χ3v) is 3.73. The Morgan fingerprint density at radius 1 is 0.826 bits per heavy atom. The molecule has 136 valence electrons. The third kappa shape index (κ3) is 18.6. The molecule has 0 heterocycles. The van der Waals surface area contributed by atoms with Crippen LogP contribution < -0.4 is 0 Å². The van der Waals surface area contributed by atoms with Crippen molar-refractivity contribution in [2.24, 2.45) is 0 Å². The fraction of sp³-hybridized carbons (Fsp3) is 0.941. The van der Waals surface area contributed by atoms with E-state index in [1.807, 2.05) is 0 Å². The molecule has 0 amide bonds. The van der Waals surface area contributed by atoms with Crippen LogP contribution in [0.4, 0.5) is 0 Å². The van der Waals surface area contributed by atoms with Crippen LogP contribution in [0, 0.1) is 10.1 Å². The van der Waals surface area contributed by atoms with E-state index in [0.29, 0.717) is 12.8 Å². The highest BCUT2D eigenvalue weighted by Gasteiger charge is 2.03. The number of unbranched alkanes of at least 4 members (excludes halogenated alkanes) is 10. The quantitative estimate of drug-likeness (QED) is 0.165. The lowest BCUT2D eigenvalue weighted by Gasteiger charge is -2.05. The Bertz CT molecular complexity index is 297. The van der Waals surface area contributed by atoms with Crippen molar-refractivity contribution in [1.82, 2.24) is 0 Å². The zero-order chi connectivity index (χ0) is 17.2. The minimum Gasteiger partial charge on any atom is -0.466 e. The maximum Gasteiger partial charge on any atom is 0.305 e. The highest BCUT2D eigenvalue weighted by Crippen LogP contribution is 2.12. The minimum absolute atomic E-state index is 0.0290. The number of hydrogen-bond donors (Lipinski definition) is 0. The maximum atomic E-state index is 11.4. The van der Waals surface area contributed by atoms with Gasteiger partial charge in [-0.15, -0.1) is 10.1 Å². The molecule has 0 saturated carbocycles. The molecule has 0 fully saturated rings. The summed E-state index contributed by atoms with van der Waals surface area (Å²) in [5, 5.41) is 9.06. The van der Waals surface area contributed by atoms with Gasteiger partial charge >= 0.3 is 5.97 Å². The third-order valence-electron chi connectivity index (χ3n) is 3.73. The molecule has 0 aliphatic rings. The van der Waals surface area contributed by atoms with Gasteiger partial charge in [-0.1, -0.05) is 71.1 Å². The van der Waals surface area contributed by atoms with E-state index in [-0.39, 0.29) is 19.2 Å². The van der Waals surface area contributed by atoms with Crippen molar-refractivity contribution in [3.8, 4) is 0 Å². The number of esters is 1. The fourth-order valence-corrected chi connectivity index (χ4v) is 2.39. The first kappa shape index (κ1) is 21.7. The van der Waals surface area contributed by atoms with E-state index in [1.54, 1.807) is 0 Å². The smallest absolute Gasteiger partial charge is 0.305 e. The normalized spacial score (nSPS) is 10.5. The van der Waals surface area contributed by atoms with Crippen LogP contribution in [0.5, 0.6) is 0 Å². The highest BCUT2D eigenvalue weighted by atomic mass is 16.9. The van der Waals surface area contributed by atoms with Crippen molar-refractivity contribution in [3.63, 3.8) is 0 Å². The van der Waals surface area contributed by atoms with Gasteiger partial charge in [0.15, 0.2) is 0 Å². The monoisotopic (exact) mass is 331 g/mol. The molecule has 6 heteroatoms. The molecular weight excluding hydrogens is 298 g/mol. The zero-order valence-electron chi connectivity index (χ0n) is 14.6. The number of rotatable bonds is 17. The van der Waals surface area contributed by atoms with E-state index in [2.05, 4.69) is 11.8 Å². The standard InChI is InChI=1S/C17H33NO5/c1-2-3-4-5-6-7-8-9-10-11-12-14-17(19)22-15-13-16-23-18(20)21/h2-16H2,1H3. The predicted molar refractivity (Wildman–Crippen MR) is 89.6 cm³/mol. The molecule has 0 aliphatic carbocycles. The molecule has 0 saturated heterocycles. The largest absolute Gasteiger partial charge is 0.466 e. The van der Waals surface area contributed by atoms with Gasteiger partial charge in [0.1, 0.15) is 0 Å². The Balaban J connectivity index is 3.16. The van der Waals surface area contributed by atoms with E-state index < -0.39 is 5.09 Å². The Morgan fingerprint density at radius 2 is 1.35 bits per heavy atom. The Labute approximate surface area is 140 Å². The van der Waals surface area contributed by atoms with Gasteiger partial charge in [-0.25, -0.2) is 0 Å². The summed E-state index contributed by atoms with van der Waals surface area (Å²) < 4.78 is 4.97. The van der Waals surface area contributed by atoms with Gasteiger partial charge in [0, 0.05) is 12.8 Å². The van der Waals surface area contributed by atoms with E-state index in [0.717, 1.165) is 12.8 Å². The second-order valence-corrected chi connectivity index (χ2v) is 5.92. The summed E-state index contributed by atoms with van der Waals surface area (Å²) in [6.07, 6.45) is 14.5. The van der Waals surface area contributed by atoms with Crippen molar-refractivity contribution < 1.29 is 19.5 Å². The van der Waals surface area contributed by atoms with E-state index in [4.69, 9.17) is 4.74 Å². The molecule has 0 aromatic rings. The molecule has 0 radical (unpaired) electrons. The van der Waals surface area contributed by atoms with Crippen LogP contribution in [-0.2, 0) is 14.4 Å². The first-order valence-corrected chi connectivity index (χ1v) is 9.09. The maximum absolute atomic E-state index is 11.4. The molecule has 0 rings (SSSR count). The second kappa shape index (κ2) is 17.0. The van der Waals surface area contributed by atoms with Crippen molar-refractivity contribution >= 4 is 5.97 Å². The molecule has 0 spiro atoms. The Hall–Kier alpha value is -1.33. The fourth-order valence-electron chi connectivity index (χ4n) is 2.39. The van der Waals surface area contributed by atoms with Crippen LogP contribution in [0.1, 0.15) is 90.4 Å². The van der Waals surface area contributed by atoms with Gasteiger partial charge in [-0.2, -0.15) is 0 Å². The van der Waals surface area contributed by atoms with Crippen molar-refractivity contribution in [2.75, 3.05) is 13.2 Å². The lowest BCUT2D eigenvalue weighted by Crippen LogP contribution is -2.09. The summed E-state index contributed by atoms with van der Waals surface area (Å²) in [5.41, 5.74) is 0. The first-order valence-electron chi connectivity index (χ1n) is 9.09. The van der Waals surface area contributed by atoms with E-state index in [1.165, 1.54) is 57.8 Å². The lowest BCUT2D eigenvalue weighted by molar-refractivity contribution is -0.757. The summed E-state index contributed by atoms with van der Waals surface area (Å²) in [5.74, 6) is -0.220. The number of carbonyl (C=O) groups excluding carboxylic acids is 1. The van der Waals surface area contributed by atoms with Gasteiger partial charge in [-0.05, 0) is 6.42 Å². The average Bonchev–Trinajstić information content (AvgIpc) is 2.52. The average molecular weight is 331 g/mol. The SMILES string of the molecule is CCCCCCCCCCCCCC(=O)OCCCO[N+](=O)[O-]. The first-order chi connectivity index (χ1) is 11.2. The van der Waals surface area contributed by atoms with Crippen LogP contribution in [0.25, 0.3) is 0 Å². The highest BCUT2D eigenvalue weighted by molar-refractivity contribution is 5.69. The van der Waals surface area contributed by atoms with Crippen LogP contribution in [-0.4, -0.2) is 24.3 Å². The van der Waals surface area contributed by atoms with Gasteiger partial charge < -0.3 is 9.57 Å². The number of nitrogens with zero attached hydrogens (tertiary/aromatic N) is 1. The van der Waals surface area contributed by atoms with Gasteiger partial charge in [0.05, 0.1) is 13.2 Å². The molecule has 23 heavy (non-hydrogen) atoms. The van der Waals surface area contributed by atoms with Gasteiger partial charge in [0.25, 0.3) is 5.09 Å². The summed E-state index contributed by atoms with van der Waals surface area (Å²) in [6.45, 7) is 2.39. The molecule has 0 aromatic carbocycles. The lowest BCUT2D eigenvalue weighted by atomic mass is 10.1. The Morgan fingerprint density at radius 3 is 1.87 bits per heavy atom. The molecule has 0 atom stereocenters. The summed E-state index contributed by atoms with van der Waals surface area (Å²) in [4.78, 5) is 25.4. The number of hydrogen-bond acceptors (Lipinski definition) is 5. The van der Waals surface area contributed by atoms with E-state index in [9.17, 15) is 14.9 Å². The van der Waals surface area contributed by atoms with Gasteiger partial charge in [0.2, 0.25) is 0 Å². The van der Waals surface area contributed by atoms with Crippen LogP contribution in [0.3, 0.4) is 0 Å². The molecule has 0 unspecified atom stereocenters. The predicted octanol–water partition coefficient (Wildman–Crippen LogP) is 4.83. The number of ether oxygens (including phenoxy) is 1. The minimum atomic E-state index is -0.840. The van der Waals surface area contributed by atoms with Gasteiger partial charge in [-0.3, -0.25) is 4.79 Å². The van der Waals surface area contributed by atoms with Crippen molar-refractivity contribution in [1.29, 1.82) is 0 Å². The van der Waals surface area contributed by atoms with Crippen LogP contribution in [0.2, 0.25) is 0 Å². The summed E-state index contributed by atoms with van der Waals surface area (Å²) in [6, 6.07) is 0. The van der Waals surface area contributed by atoms with Crippen molar-refractivity contribution in [2.45, 2.75) is 90.4 Å². The molecule has 0 N–H and O–H groups in total. The van der Waals surface area contributed by atoms with Crippen molar-refractivity contribution in [3.05, 3.63) is 10.1 Å². The number of carbonyl (C=O) groups is 1. The molecule has 0 bridgehead atoms. The van der Waals surface area contributed by atoms with E-state index >= 15 is 0 Å². The summed E-state index contributed by atoms with van der Waals surface area (Å²) in [7, 11) is 0. The molecule has 6 nitrogen and oxygen atoms in total. The van der Waals surface area contributed by atoms with Crippen LogP contribution in [0.15, 0.2) is 0 Å². The summed E-state index contributed by atoms with van der Waals surface area (Å²) >= 11 is 0.